The molecule has 5 heteroatoms. The van der Waals surface area contributed by atoms with Crippen molar-refractivity contribution in [2.24, 2.45) is 0 Å². The van der Waals surface area contributed by atoms with Crippen molar-refractivity contribution in [2.45, 2.75) is 26.2 Å². The van der Waals surface area contributed by atoms with Gasteiger partial charge in [0.15, 0.2) is 0 Å². The summed E-state index contributed by atoms with van der Waals surface area (Å²) in [6.07, 6.45) is 6.96. The maximum atomic E-state index is 4.45. The maximum absolute atomic E-state index is 4.45. The van der Waals surface area contributed by atoms with Crippen LogP contribution in [0.1, 0.15) is 26.2 Å². The van der Waals surface area contributed by atoms with Gasteiger partial charge in [-0.15, -0.1) is 0 Å². The van der Waals surface area contributed by atoms with Crippen LogP contribution in [0.15, 0.2) is 48.9 Å². The molecule has 0 aliphatic heterocycles. The Bertz CT molecular complexity index is 767. The lowest BCUT2D eigenvalue weighted by Crippen LogP contribution is -2.04. The maximum Gasteiger partial charge on any atom is 0.135 e. The Labute approximate surface area is 136 Å². The Kier molecular flexibility index (Phi) is 4.99. The van der Waals surface area contributed by atoms with Crippen LogP contribution in [0.4, 0.5) is 17.3 Å². The first-order valence-electron chi connectivity index (χ1n) is 8.03. The zero-order valence-corrected chi connectivity index (χ0v) is 13.3. The van der Waals surface area contributed by atoms with E-state index in [0.29, 0.717) is 0 Å². The molecule has 2 aromatic heterocycles. The second-order valence-electron chi connectivity index (χ2n) is 5.43. The van der Waals surface area contributed by atoms with Gasteiger partial charge in [-0.05, 0) is 18.6 Å². The Hall–Kier alpha value is -2.69. The number of aromatic nitrogens is 3. The monoisotopic (exact) mass is 307 g/mol. The summed E-state index contributed by atoms with van der Waals surface area (Å²) in [6, 6.07) is 12.0. The van der Waals surface area contributed by atoms with Crippen molar-refractivity contribution >= 4 is 28.2 Å². The Morgan fingerprint density at radius 3 is 2.74 bits per heavy atom. The minimum atomic E-state index is 0.760. The first kappa shape index (κ1) is 15.2. The minimum absolute atomic E-state index is 0.760. The second-order valence-corrected chi connectivity index (χ2v) is 5.43. The normalized spacial score (nSPS) is 10.7. The van der Waals surface area contributed by atoms with Gasteiger partial charge in [0.05, 0.1) is 11.2 Å². The fourth-order valence-electron chi connectivity index (χ4n) is 2.46. The van der Waals surface area contributed by atoms with Crippen molar-refractivity contribution in [2.75, 3.05) is 17.2 Å². The summed E-state index contributed by atoms with van der Waals surface area (Å²) >= 11 is 0. The molecule has 0 aliphatic rings. The lowest BCUT2D eigenvalue weighted by atomic mass is 10.2. The average Bonchev–Trinajstić information content (AvgIpc) is 2.60. The standard InChI is InChI=1S/C18H21N5/c1-2-3-4-10-19-16-12-17(22-13-21-16)23-15-9-5-7-14-8-6-11-20-18(14)15/h5-9,11-13H,2-4,10H2,1H3,(H2,19,21,22,23). The first-order chi connectivity index (χ1) is 11.4. The molecular weight excluding hydrogens is 286 g/mol. The molecule has 0 unspecified atom stereocenters. The molecule has 0 radical (unpaired) electrons. The summed E-state index contributed by atoms with van der Waals surface area (Å²) in [7, 11) is 0. The number of hydrogen-bond donors (Lipinski definition) is 2. The van der Waals surface area contributed by atoms with Gasteiger partial charge in [-0.2, -0.15) is 0 Å². The van der Waals surface area contributed by atoms with Crippen LogP contribution < -0.4 is 10.6 Å². The average molecular weight is 307 g/mol. The van der Waals surface area contributed by atoms with E-state index in [-0.39, 0.29) is 0 Å². The van der Waals surface area contributed by atoms with Gasteiger partial charge in [-0.3, -0.25) is 4.98 Å². The van der Waals surface area contributed by atoms with Gasteiger partial charge in [0, 0.05) is 24.2 Å². The number of fused-ring (bicyclic) bond motifs is 1. The molecule has 0 bridgehead atoms. The van der Waals surface area contributed by atoms with Crippen LogP contribution in [0, 0.1) is 0 Å². The van der Waals surface area contributed by atoms with Crippen molar-refractivity contribution in [3.8, 4) is 0 Å². The number of benzene rings is 1. The lowest BCUT2D eigenvalue weighted by Gasteiger charge is -2.10. The van der Waals surface area contributed by atoms with Crippen LogP contribution in [-0.2, 0) is 0 Å². The van der Waals surface area contributed by atoms with E-state index in [1.165, 1.54) is 12.8 Å². The van der Waals surface area contributed by atoms with E-state index in [2.05, 4.69) is 32.5 Å². The van der Waals surface area contributed by atoms with Gasteiger partial charge >= 0.3 is 0 Å². The summed E-state index contributed by atoms with van der Waals surface area (Å²) in [5, 5.41) is 7.77. The molecule has 1 aromatic carbocycles. The number of unbranched alkanes of at least 4 members (excludes halogenated alkanes) is 2. The van der Waals surface area contributed by atoms with Crippen molar-refractivity contribution in [3.63, 3.8) is 0 Å². The molecule has 0 aliphatic carbocycles. The van der Waals surface area contributed by atoms with E-state index in [1.54, 1.807) is 12.5 Å². The predicted molar refractivity (Wildman–Crippen MR) is 95.1 cm³/mol. The molecule has 118 valence electrons. The summed E-state index contributed by atoms with van der Waals surface area (Å²) in [4.78, 5) is 13.0. The highest BCUT2D eigenvalue weighted by atomic mass is 15.1. The lowest BCUT2D eigenvalue weighted by molar-refractivity contribution is 0.742. The summed E-state index contributed by atoms with van der Waals surface area (Å²) in [6.45, 7) is 3.13. The highest BCUT2D eigenvalue weighted by Crippen LogP contribution is 2.24. The molecule has 0 saturated carbocycles. The van der Waals surface area contributed by atoms with Gasteiger partial charge in [-0.1, -0.05) is 38.0 Å². The molecule has 3 rings (SSSR count). The summed E-state index contributed by atoms with van der Waals surface area (Å²) < 4.78 is 0. The third-order valence-electron chi connectivity index (χ3n) is 3.65. The smallest absolute Gasteiger partial charge is 0.135 e. The Balaban J connectivity index is 1.74. The van der Waals surface area contributed by atoms with E-state index in [0.717, 1.165) is 41.2 Å². The van der Waals surface area contributed by atoms with E-state index in [4.69, 9.17) is 0 Å². The van der Waals surface area contributed by atoms with Gasteiger partial charge in [0.25, 0.3) is 0 Å². The van der Waals surface area contributed by atoms with Gasteiger partial charge in [0.1, 0.15) is 18.0 Å². The van der Waals surface area contributed by atoms with Gasteiger partial charge in [-0.25, -0.2) is 9.97 Å². The Morgan fingerprint density at radius 2 is 1.83 bits per heavy atom. The molecule has 0 fully saturated rings. The molecule has 5 nitrogen and oxygen atoms in total. The van der Waals surface area contributed by atoms with Crippen LogP contribution >= 0.6 is 0 Å². The quantitative estimate of drug-likeness (QED) is 0.635. The number of nitrogens with one attached hydrogen (secondary N) is 2. The number of rotatable bonds is 7. The van der Waals surface area contributed by atoms with E-state index >= 15 is 0 Å². The zero-order valence-electron chi connectivity index (χ0n) is 13.3. The first-order valence-corrected chi connectivity index (χ1v) is 8.03. The molecule has 2 N–H and O–H groups in total. The molecular formula is C18H21N5. The molecule has 0 amide bonds. The SMILES string of the molecule is CCCCCNc1cc(Nc2cccc3cccnc23)ncn1. The number of pyridine rings is 1. The van der Waals surface area contributed by atoms with Crippen molar-refractivity contribution in [1.82, 2.24) is 15.0 Å². The third kappa shape index (κ3) is 3.94. The minimum Gasteiger partial charge on any atom is -0.370 e. The topological polar surface area (TPSA) is 62.7 Å². The van der Waals surface area contributed by atoms with Crippen LogP contribution in [0.3, 0.4) is 0 Å². The second kappa shape index (κ2) is 7.54. The molecule has 0 spiro atoms. The fourth-order valence-corrected chi connectivity index (χ4v) is 2.46. The summed E-state index contributed by atoms with van der Waals surface area (Å²) in [5.41, 5.74) is 1.88. The van der Waals surface area contributed by atoms with Gasteiger partial charge in [0.2, 0.25) is 0 Å². The number of hydrogen-bond acceptors (Lipinski definition) is 5. The van der Waals surface area contributed by atoms with E-state index in [9.17, 15) is 0 Å². The molecule has 3 aromatic rings. The van der Waals surface area contributed by atoms with Crippen LogP contribution in [0.5, 0.6) is 0 Å². The molecule has 0 atom stereocenters. The fraction of sp³-hybridized carbons (Fsp3) is 0.278. The van der Waals surface area contributed by atoms with Crippen molar-refractivity contribution < 1.29 is 0 Å². The van der Waals surface area contributed by atoms with Crippen LogP contribution in [0.2, 0.25) is 0 Å². The van der Waals surface area contributed by atoms with Crippen LogP contribution in [0.25, 0.3) is 10.9 Å². The highest BCUT2D eigenvalue weighted by Gasteiger charge is 2.04. The number of para-hydroxylation sites is 1. The molecule has 0 saturated heterocycles. The third-order valence-corrected chi connectivity index (χ3v) is 3.65. The largest absolute Gasteiger partial charge is 0.370 e. The van der Waals surface area contributed by atoms with Crippen molar-refractivity contribution in [1.29, 1.82) is 0 Å². The highest BCUT2D eigenvalue weighted by molar-refractivity contribution is 5.91. The number of nitrogens with zero attached hydrogens (tertiary/aromatic N) is 3. The molecule has 2 heterocycles. The van der Waals surface area contributed by atoms with E-state index < -0.39 is 0 Å². The predicted octanol–water partition coefficient (Wildman–Crippen LogP) is 4.37. The Morgan fingerprint density at radius 1 is 0.957 bits per heavy atom. The van der Waals surface area contributed by atoms with E-state index in [1.807, 2.05) is 36.4 Å². The zero-order chi connectivity index (χ0) is 15.9. The van der Waals surface area contributed by atoms with Crippen molar-refractivity contribution in [3.05, 3.63) is 48.9 Å². The summed E-state index contributed by atoms with van der Waals surface area (Å²) in [5.74, 6) is 1.60. The molecule has 23 heavy (non-hydrogen) atoms. The van der Waals surface area contributed by atoms with Gasteiger partial charge < -0.3 is 10.6 Å². The van der Waals surface area contributed by atoms with Crippen LogP contribution in [-0.4, -0.2) is 21.5 Å². The number of anilines is 3.